The molecule has 0 amide bonds. The molecule has 2 rings (SSSR count). The van der Waals surface area contributed by atoms with Gasteiger partial charge in [0.1, 0.15) is 0 Å². The second-order valence-corrected chi connectivity index (χ2v) is 2.79. The lowest BCUT2D eigenvalue weighted by Crippen LogP contribution is -1.95. The van der Waals surface area contributed by atoms with E-state index in [1.165, 1.54) is 6.92 Å². The van der Waals surface area contributed by atoms with Gasteiger partial charge in [0.05, 0.1) is 11.0 Å². The summed E-state index contributed by atoms with van der Waals surface area (Å²) >= 11 is 0. The Balaban J connectivity index is 2.83. The molecule has 0 unspecified atom stereocenters. The largest absolute Gasteiger partial charge is 0.294 e. The number of benzene rings is 1. The van der Waals surface area contributed by atoms with Gasteiger partial charge in [0.25, 0.3) is 0 Å². The van der Waals surface area contributed by atoms with Crippen molar-refractivity contribution in [2.75, 3.05) is 0 Å². The monoisotopic (exact) mass is 172 g/mol. The SMILES string of the molecule is CC(=O)c1cccc2nccnc12. The van der Waals surface area contributed by atoms with E-state index in [0.29, 0.717) is 11.1 Å². The van der Waals surface area contributed by atoms with Crippen molar-refractivity contribution in [1.82, 2.24) is 9.97 Å². The third-order valence-corrected chi connectivity index (χ3v) is 1.88. The number of carbonyl (C=O) groups is 1. The summed E-state index contributed by atoms with van der Waals surface area (Å²) in [5.74, 6) is 0.0195. The quantitative estimate of drug-likeness (QED) is 0.616. The number of rotatable bonds is 1. The number of ketones is 1. The second-order valence-electron chi connectivity index (χ2n) is 2.79. The van der Waals surface area contributed by atoms with Gasteiger partial charge in [0, 0.05) is 18.0 Å². The Kier molecular flexibility index (Phi) is 1.77. The summed E-state index contributed by atoms with van der Waals surface area (Å²) in [6.07, 6.45) is 3.21. The minimum Gasteiger partial charge on any atom is -0.294 e. The fourth-order valence-corrected chi connectivity index (χ4v) is 1.28. The van der Waals surface area contributed by atoms with Gasteiger partial charge in [-0.2, -0.15) is 0 Å². The standard InChI is InChI=1S/C10H8N2O/c1-7(13)8-3-2-4-9-10(8)12-6-5-11-9/h2-6H,1H3. The molecule has 3 nitrogen and oxygen atoms in total. The van der Waals surface area contributed by atoms with E-state index in [9.17, 15) is 4.79 Å². The zero-order chi connectivity index (χ0) is 9.26. The Hall–Kier alpha value is -1.77. The van der Waals surface area contributed by atoms with Gasteiger partial charge in [0.15, 0.2) is 5.78 Å². The Bertz CT molecular complexity index is 460. The lowest BCUT2D eigenvalue weighted by Gasteiger charge is -1.99. The van der Waals surface area contributed by atoms with E-state index < -0.39 is 0 Å². The van der Waals surface area contributed by atoms with E-state index in [-0.39, 0.29) is 5.78 Å². The molecule has 64 valence electrons. The highest BCUT2D eigenvalue weighted by atomic mass is 16.1. The van der Waals surface area contributed by atoms with Crippen molar-refractivity contribution < 1.29 is 4.79 Å². The van der Waals surface area contributed by atoms with Crippen molar-refractivity contribution in [1.29, 1.82) is 0 Å². The lowest BCUT2D eigenvalue weighted by atomic mass is 10.1. The number of Topliss-reactive ketones (excluding diaryl/α,β-unsaturated/α-hetero) is 1. The first kappa shape index (κ1) is 7.86. The summed E-state index contributed by atoms with van der Waals surface area (Å²) in [7, 11) is 0. The zero-order valence-electron chi connectivity index (χ0n) is 7.19. The summed E-state index contributed by atoms with van der Waals surface area (Å²) < 4.78 is 0. The molecule has 0 aliphatic carbocycles. The van der Waals surface area contributed by atoms with Crippen LogP contribution in [0.2, 0.25) is 0 Å². The molecule has 0 saturated heterocycles. The average Bonchev–Trinajstić information content (AvgIpc) is 2.17. The predicted molar refractivity (Wildman–Crippen MR) is 49.5 cm³/mol. The van der Waals surface area contributed by atoms with E-state index >= 15 is 0 Å². The van der Waals surface area contributed by atoms with Crippen molar-refractivity contribution in [3.05, 3.63) is 36.2 Å². The number of fused-ring (bicyclic) bond motifs is 1. The van der Waals surface area contributed by atoms with E-state index in [1.54, 1.807) is 18.5 Å². The summed E-state index contributed by atoms with van der Waals surface area (Å²) in [5, 5.41) is 0. The molecule has 2 aromatic rings. The molecule has 0 aliphatic rings. The maximum absolute atomic E-state index is 11.2. The summed E-state index contributed by atoms with van der Waals surface area (Å²) in [6.45, 7) is 1.53. The van der Waals surface area contributed by atoms with Crippen LogP contribution in [-0.4, -0.2) is 15.8 Å². The molecule has 0 fully saturated rings. The molecular formula is C10H8N2O. The van der Waals surface area contributed by atoms with Gasteiger partial charge in [-0.3, -0.25) is 14.8 Å². The van der Waals surface area contributed by atoms with Gasteiger partial charge in [-0.05, 0) is 19.1 Å². The average molecular weight is 172 g/mol. The Labute approximate surface area is 75.4 Å². The summed E-state index contributed by atoms with van der Waals surface area (Å²) in [5.41, 5.74) is 2.07. The van der Waals surface area contributed by atoms with Crippen LogP contribution in [0.1, 0.15) is 17.3 Å². The molecule has 3 heteroatoms. The maximum atomic E-state index is 11.2. The van der Waals surface area contributed by atoms with Gasteiger partial charge in [-0.25, -0.2) is 0 Å². The fraction of sp³-hybridized carbons (Fsp3) is 0.100. The first-order chi connectivity index (χ1) is 6.29. The van der Waals surface area contributed by atoms with Crippen LogP contribution < -0.4 is 0 Å². The number of para-hydroxylation sites is 1. The van der Waals surface area contributed by atoms with Crippen LogP contribution in [0.25, 0.3) is 11.0 Å². The van der Waals surface area contributed by atoms with Crippen LogP contribution in [0.15, 0.2) is 30.6 Å². The summed E-state index contributed by atoms with van der Waals surface area (Å²) in [4.78, 5) is 19.4. The highest BCUT2D eigenvalue weighted by Gasteiger charge is 2.05. The number of nitrogens with zero attached hydrogens (tertiary/aromatic N) is 2. The highest BCUT2D eigenvalue weighted by Crippen LogP contribution is 2.13. The van der Waals surface area contributed by atoms with Crippen LogP contribution in [-0.2, 0) is 0 Å². The fourth-order valence-electron chi connectivity index (χ4n) is 1.28. The van der Waals surface area contributed by atoms with Crippen molar-refractivity contribution in [3.63, 3.8) is 0 Å². The molecule has 1 heterocycles. The molecule has 0 spiro atoms. The highest BCUT2D eigenvalue weighted by molar-refractivity contribution is 6.04. The van der Waals surface area contributed by atoms with Crippen molar-refractivity contribution in [3.8, 4) is 0 Å². The number of aromatic nitrogens is 2. The first-order valence-corrected chi connectivity index (χ1v) is 4.00. The molecule has 13 heavy (non-hydrogen) atoms. The van der Waals surface area contributed by atoms with Gasteiger partial charge in [0.2, 0.25) is 0 Å². The molecular weight excluding hydrogens is 164 g/mol. The third-order valence-electron chi connectivity index (χ3n) is 1.88. The smallest absolute Gasteiger partial charge is 0.162 e. The third kappa shape index (κ3) is 1.28. The zero-order valence-corrected chi connectivity index (χ0v) is 7.19. The van der Waals surface area contributed by atoms with Crippen LogP contribution in [0.4, 0.5) is 0 Å². The van der Waals surface area contributed by atoms with Crippen molar-refractivity contribution in [2.45, 2.75) is 6.92 Å². The van der Waals surface area contributed by atoms with Crippen LogP contribution in [0, 0.1) is 0 Å². The van der Waals surface area contributed by atoms with Crippen LogP contribution in [0.5, 0.6) is 0 Å². The minimum atomic E-state index is 0.0195. The number of hydrogen-bond donors (Lipinski definition) is 0. The van der Waals surface area contributed by atoms with Gasteiger partial charge < -0.3 is 0 Å². The molecule has 1 aromatic heterocycles. The van der Waals surface area contributed by atoms with E-state index in [0.717, 1.165) is 5.52 Å². The normalized spacial score (nSPS) is 10.2. The first-order valence-electron chi connectivity index (χ1n) is 4.00. The van der Waals surface area contributed by atoms with E-state index in [1.807, 2.05) is 12.1 Å². The van der Waals surface area contributed by atoms with Crippen LogP contribution >= 0.6 is 0 Å². The molecule has 0 saturated carbocycles. The minimum absolute atomic E-state index is 0.0195. The number of carbonyl (C=O) groups excluding carboxylic acids is 1. The van der Waals surface area contributed by atoms with Crippen molar-refractivity contribution >= 4 is 16.8 Å². The molecule has 0 radical (unpaired) electrons. The van der Waals surface area contributed by atoms with Gasteiger partial charge in [-0.1, -0.05) is 6.07 Å². The van der Waals surface area contributed by atoms with E-state index in [2.05, 4.69) is 9.97 Å². The predicted octanol–water partition coefficient (Wildman–Crippen LogP) is 1.83. The Morgan fingerprint density at radius 3 is 2.77 bits per heavy atom. The molecule has 1 aromatic carbocycles. The molecule has 0 N–H and O–H groups in total. The molecule has 0 aliphatic heterocycles. The molecule has 0 atom stereocenters. The summed E-state index contributed by atoms with van der Waals surface area (Å²) in [6, 6.07) is 5.42. The topological polar surface area (TPSA) is 42.9 Å². The lowest BCUT2D eigenvalue weighted by molar-refractivity contribution is 0.101. The molecule has 0 bridgehead atoms. The Morgan fingerprint density at radius 2 is 2.00 bits per heavy atom. The second kappa shape index (κ2) is 2.94. The Morgan fingerprint density at radius 1 is 1.23 bits per heavy atom. The number of hydrogen-bond acceptors (Lipinski definition) is 3. The van der Waals surface area contributed by atoms with Gasteiger partial charge >= 0.3 is 0 Å². The maximum Gasteiger partial charge on any atom is 0.162 e. The van der Waals surface area contributed by atoms with E-state index in [4.69, 9.17) is 0 Å². The van der Waals surface area contributed by atoms with Crippen LogP contribution in [0.3, 0.4) is 0 Å². The van der Waals surface area contributed by atoms with Gasteiger partial charge in [-0.15, -0.1) is 0 Å². The van der Waals surface area contributed by atoms with Crippen molar-refractivity contribution in [2.24, 2.45) is 0 Å².